The molecule has 1 rings (SSSR count). The first-order chi connectivity index (χ1) is 9.06. The lowest BCUT2D eigenvalue weighted by atomic mass is 10.2. The minimum atomic E-state index is 0. The largest absolute Gasteiger partial charge is 0.497 e. The van der Waals surface area contributed by atoms with Crippen LogP contribution in [-0.4, -0.2) is 26.7 Å². The standard InChI is InChI=1S/C14H23N3O2.HI/c1-10(2)8-16-14(15)17-9-11-5-6-12(18-3)7-13(11)19-4;/h5-7,10H,8-9H2,1-4H3,(H3,15,16,17);1H. The third-order valence-corrected chi connectivity index (χ3v) is 2.61. The average Bonchev–Trinajstić information content (AvgIpc) is 2.42. The van der Waals surface area contributed by atoms with Gasteiger partial charge in [-0.1, -0.05) is 13.8 Å². The molecular weight excluding hydrogens is 369 g/mol. The van der Waals surface area contributed by atoms with Crippen molar-refractivity contribution in [2.45, 2.75) is 20.4 Å². The predicted octanol–water partition coefficient (Wildman–Crippen LogP) is 2.38. The van der Waals surface area contributed by atoms with Crippen molar-refractivity contribution >= 4 is 29.9 Å². The summed E-state index contributed by atoms with van der Waals surface area (Å²) in [5.74, 6) is 2.49. The number of hydrogen-bond donors (Lipinski definition) is 2. The van der Waals surface area contributed by atoms with E-state index in [9.17, 15) is 0 Å². The van der Waals surface area contributed by atoms with Gasteiger partial charge in [0, 0.05) is 18.2 Å². The number of rotatable bonds is 6. The van der Waals surface area contributed by atoms with E-state index in [0.29, 0.717) is 18.4 Å². The van der Waals surface area contributed by atoms with E-state index < -0.39 is 0 Å². The third kappa shape index (κ3) is 6.31. The van der Waals surface area contributed by atoms with Gasteiger partial charge in [-0.05, 0) is 18.1 Å². The monoisotopic (exact) mass is 393 g/mol. The molecule has 0 radical (unpaired) electrons. The minimum absolute atomic E-state index is 0. The zero-order valence-electron chi connectivity index (χ0n) is 12.5. The molecule has 0 aliphatic heterocycles. The van der Waals surface area contributed by atoms with E-state index in [2.05, 4.69) is 24.2 Å². The molecule has 0 aliphatic carbocycles. The normalized spacial score (nSPS) is 10.9. The Kier molecular flexibility index (Phi) is 9.11. The Morgan fingerprint density at radius 1 is 1.30 bits per heavy atom. The maximum absolute atomic E-state index is 5.79. The highest BCUT2D eigenvalue weighted by Crippen LogP contribution is 2.24. The summed E-state index contributed by atoms with van der Waals surface area (Å²) in [6.07, 6.45) is 0. The Hall–Kier alpha value is -1.18. The van der Waals surface area contributed by atoms with Gasteiger partial charge in [-0.3, -0.25) is 0 Å². The Bertz CT molecular complexity index is 436. The van der Waals surface area contributed by atoms with Crippen LogP contribution in [0.5, 0.6) is 11.5 Å². The highest BCUT2D eigenvalue weighted by Gasteiger charge is 2.04. The van der Waals surface area contributed by atoms with Crippen LogP contribution >= 0.6 is 24.0 Å². The maximum Gasteiger partial charge on any atom is 0.188 e. The summed E-state index contributed by atoms with van der Waals surface area (Å²) in [5, 5.41) is 3.07. The van der Waals surface area contributed by atoms with Crippen LogP contribution in [0.1, 0.15) is 19.4 Å². The van der Waals surface area contributed by atoms with Gasteiger partial charge in [0.15, 0.2) is 5.96 Å². The number of halogens is 1. The molecule has 0 unspecified atom stereocenters. The van der Waals surface area contributed by atoms with Crippen molar-refractivity contribution < 1.29 is 9.47 Å². The lowest BCUT2D eigenvalue weighted by Gasteiger charge is -2.10. The quantitative estimate of drug-likeness (QED) is 0.443. The Labute approximate surface area is 138 Å². The molecule has 0 saturated carbocycles. The van der Waals surface area contributed by atoms with Crippen LogP contribution in [-0.2, 0) is 6.54 Å². The minimum Gasteiger partial charge on any atom is -0.497 e. The second-order valence-corrected chi connectivity index (χ2v) is 4.65. The van der Waals surface area contributed by atoms with Crippen molar-refractivity contribution in [1.82, 2.24) is 5.32 Å². The molecule has 0 heterocycles. The first kappa shape index (κ1) is 18.8. The first-order valence-electron chi connectivity index (χ1n) is 6.31. The van der Waals surface area contributed by atoms with Crippen LogP contribution < -0.4 is 20.5 Å². The average molecular weight is 393 g/mol. The van der Waals surface area contributed by atoms with Crippen molar-refractivity contribution in [3.05, 3.63) is 23.8 Å². The zero-order chi connectivity index (χ0) is 14.3. The van der Waals surface area contributed by atoms with Gasteiger partial charge in [0.2, 0.25) is 0 Å². The summed E-state index contributed by atoms with van der Waals surface area (Å²) in [6.45, 7) is 5.53. The van der Waals surface area contributed by atoms with Gasteiger partial charge in [-0.2, -0.15) is 0 Å². The SMILES string of the molecule is COc1ccc(CN=C(N)NCC(C)C)c(OC)c1.I. The van der Waals surface area contributed by atoms with Crippen molar-refractivity contribution in [3.8, 4) is 11.5 Å². The van der Waals surface area contributed by atoms with Gasteiger partial charge in [0.25, 0.3) is 0 Å². The molecule has 1 aromatic carbocycles. The van der Waals surface area contributed by atoms with E-state index in [1.807, 2.05) is 18.2 Å². The number of guanidine groups is 1. The van der Waals surface area contributed by atoms with Gasteiger partial charge in [0.1, 0.15) is 11.5 Å². The molecule has 20 heavy (non-hydrogen) atoms. The second-order valence-electron chi connectivity index (χ2n) is 4.65. The van der Waals surface area contributed by atoms with Crippen LogP contribution in [0.4, 0.5) is 0 Å². The lowest BCUT2D eigenvalue weighted by molar-refractivity contribution is 0.391. The lowest BCUT2D eigenvalue weighted by Crippen LogP contribution is -2.34. The van der Waals surface area contributed by atoms with Crippen LogP contribution in [0.2, 0.25) is 0 Å². The highest BCUT2D eigenvalue weighted by atomic mass is 127. The van der Waals surface area contributed by atoms with Crippen molar-refractivity contribution in [2.24, 2.45) is 16.6 Å². The number of aliphatic imine (C=N–C) groups is 1. The Morgan fingerprint density at radius 3 is 2.55 bits per heavy atom. The fourth-order valence-electron chi connectivity index (χ4n) is 1.52. The van der Waals surface area contributed by atoms with E-state index in [1.165, 1.54) is 0 Å². The van der Waals surface area contributed by atoms with Gasteiger partial charge in [0.05, 0.1) is 20.8 Å². The van der Waals surface area contributed by atoms with Crippen molar-refractivity contribution in [1.29, 1.82) is 0 Å². The van der Waals surface area contributed by atoms with Crippen molar-refractivity contribution in [3.63, 3.8) is 0 Å². The maximum atomic E-state index is 5.79. The van der Waals surface area contributed by atoms with Crippen LogP contribution in [0.3, 0.4) is 0 Å². The van der Waals surface area contributed by atoms with Gasteiger partial charge in [-0.25, -0.2) is 4.99 Å². The summed E-state index contributed by atoms with van der Waals surface area (Å²) in [7, 11) is 3.25. The molecule has 0 atom stereocenters. The molecule has 0 fully saturated rings. The van der Waals surface area contributed by atoms with E-state index >= 15 is 0 Å². The molecule has 0 saturated heterocycles. The number of benzene rings is 1. The molecular formula is C14H24IN3O2. The predicted molar refractivity (Wildman–Crippen MR) is 93.1 cm³/mol. The fourth-order valence-corrected chi connectivity index (χ4v) is 1.52. The summed E-state index contributed by atoms with van der Waals surface area (Å²) < 4.78 is 10.5. The fraction of sp³-hybridized carbons (Fsp3) is 0.500. The number of nitrogens with zero attached hydrogens (tertiary/aromatic N) is 1. The Balaban J connectivity index is 0.00000361. The molecule has 0 amide bonds. The zero-order valence-corrected chi connectivity index (χ0v) is 14.8. The molecule has 3 N–H and O–H groups in total. The molecule has 1 aromatic rings. The third-order valence-electron chi connectivity index (χ3n) is 2.61. The van der Waals surface area contributed by atoms with Crippen molar-refractivity contribution in [2.75, 3.05) is 20.8 Å². The topological polar surface area (TPSA) is 68.9 Å². The summed E-state index contributed by atoms with van der Waals surface area (Å²) in [5.41, 5.74) is 6.76. The molecule has 0 bridgehead atoms. The number of methoxy groups -OCH3 is 2. The molecule has 114 valence electrons. The first-order valence-corrected chi connectivity index (χ1v) is 6.31. The number of nitrogens with two attached hydrogens (primary N) is 1. The number of ether oxygens (including phenoxy) is 2. The summed E-state index contributed by atoms with van der Waals surface area (Å²) in [6, 6.07) is 5.64. The van der Waals surface area contributed by atoms with Gasteiger partial charge >= 0.3 is 0 Å². The molecule has 0 spiro atoms. The number of hydrogen-bond acceptors (Lipinski definition) is 3. The molecule has 0 aliphatic rings. The number of nitrogens with one attached hydrogen (secondary N) is 1. The second kappa shape index (κ2) is 9.68. The molecule has 0 aromatic heterocycles. The highest BCUT2D eigenvalue weighted by molar-refractivity contribution is 14.0. The van der Waals surface area contributed by atoms with Crippen LogP contribution in [0, 0.1) is 5.92 Å². The van der Waals surface area contributed by atoms with E-state index in [1.54, 1.807) is 14.2 Å². The smallest absolute Gasteiger partial charge is 0.188 e. The van der Waals surface area contributed by atoms with Gasteiger partial charge < -0.3 is 20.5 Å². The van der Waals surface area contributed by atoms with Crippen LogP contribution in [0.25, 0.3) is 0 Å². The van der Waals surface area contributed by atoms with Crippen LogP contribution in [0.15, 0.2) is 23.2 Å². The van der Waals surface area contributed by atoms with E-state index in [4.69, 9.17) is 15.2 Å². The van der Waals surface area contributed by atoms with Gasteiger partial charge in [-0.15, -0.1) is 24.0 Å². The van der Waals surface area contributed by atoms with E-state index in [-0.39, 0.29) is 24.0 Å². The summed E-state index contributed by atoms with van der Waals surface area (Å²) >= 11 is 0. The summed E-state index contributed by atoms with van der Waals surface area (Å²) in [4.78, 5) is 4.29. The van der Waals surface area contributed by atoms with E-state index in [0.717, 1.165) is 23.6 Å². The molecule has 6 heteroatoms. The Morgan fingerprint density at radius 2 is 2.00 bits per heavy atom. The molecule has 5 nitrogen and oxygen atoms in total.